The molecule has 0 heterocycles. The number of anilines is 1. The molecular formula is C16H14N2O4S. The first-order valence-corrected chi connectivity index (χ1v) is 8.11. The minimum Gasteiger partial charge on any atom is -0.465 e. The molecule has 0 fully saturated rings. The van der Waals surface area contributed by atoms with E-state index in [4.69, 9.17) is 5.26 Å². The van der Waals surface area contributed by atoms with Crippen molar-refractivity contribution in [1.29, 1.82) is 5.26 Å². The number of carbonyl (C=O) groups excluding carboxylic acids is 1. The van der Waals surface area contributed by atoms with E-state index in [1.807, 2.05) is 6.07 Å². The fraction of sp³-hybridized carbons (Fsp3) is 0.125. The van der Waals surface area contributed by atoms with Gasteiger partial charge in [0.15, 0.2) is 0 Å². The van der Waals surface area contributed by atoms with Crippen molar-refractivity contribution >= 4 is 21.7 Å². The summed E-state index contributed by atoms with van der Waals surface area (Å²) in [6.07, 6.45) is 0.258. The van der Waals surface area contributed by atoms with Gasteiger partial charge >= 0.3 is 5.97 Å². The zero-order valence-electron chi connectivity index (χ0n) is 12.3. The van der Waals surface area contributed by atoms with Crippen molar-refractivity contribution < 1.29 is 17.9 Å². The van der Waals surface area contributed by atoms with E-state index in [0.29, 0.717) is 5.69 Å². The number of hydrogen-bond acceptors (Lipinski definition) is 5. The van der Waals surface area contributed by atoms with Crippen molar-refractivity contribution in [3.63, 3.8) is 0 Å². The van der Waals surface area contributed by atoms with E-state index in [0.717, 1.165) is 5.56 Å². The Labute approximate surface area is 134 Å². The molecule has 23 heavy (non-hydrogen) atoms. The maximum atomic E-state index is 12.4. The van der Waals surface area contributed by atoms with E-state index in [-0.39, 0.29) is 16.9 Å². The second kappa shape index (κ2) is 6.94. The fourth-order valence-electron chi connectivity index (χ4n) is 1.90. The van der Waals surface area contributed by atoms with Crippen LogP contribution in [0.4, 0.5) is 5.69 Å². The van der Waals surface area contributed by atoms with Crippen LogP contribution in [0.25, 0.3) is 0 Å². The average Bonchev–Trinajstić information content (AvgIpc) is 2.56. The Morgan fingerprint density at radius 2 is 1.91 bits per heavy atom. The number of carbonyl (C=O) groups is 1. The summed E-state index contributed by atoms with van der Waals surface area (Å²) < 4.78 is 31.7. The molecule has 2 aromatic carbocycles. The molecule has 0 aromatic heterocycles. The standard InChI is InChI=1S/C16H14N2O4S/c1-22-16(19)13-3-2-4-15(11-13)23(20,21)18-14-7-5-12(6-8-14)9-10-17/h2-8,11,18H,9H2,1H3. The molecule has 0 atom stereocenters. The molecule has 2 aromatic rings. The van der Waals surface area contributed by atoms with E-state index >= 15 is 0 Å². The van der Waals surface area contributed by atoms with Crippen molar-refractivity contribution in [2.45, 2.75) is 11.3 Å². The highest BCUT2D eigenvalue weighted by atomic mass is 32.2. The molecule has 2 rings (SSSR count). The Kier molecular flexibility index (Phi) is 4.98. The second-order valence-corrected chi connectivity index (χ2v) is 6.34. The molecule has 0 aliphatic heterocycles. The molecule has 0 spiro atoms. The van der Waals surface area contributed by atoms with Crippen LogP contribution < -0.4 is 4.72 Å². The summed E-state index contributed by atoms with van der Waals surface area (Å²) in [7, 11) is -2.60. The van der Waals surface area contributed by atoms with Crippen LogP contribution in [0.3, 0.4) is 0 Å². The van der Waals surface area contributed by atoms with Crippen molar-refractivity contribution in [3.8, 4) is 6.07 Å². The van der Waals surface area contributed by atoms with E-state index < -0.39 is 16.0 Å². The number of benzene rings is 2. The lowest BCUT2D eigenvalue weighted by molar-refractivity contribution is 0.0600. The minimum atomic E-state index is -3.83. The zero-order valence-corrected chi connectivity index (χ0v) is 13.1. The number of methoxy groups -OCH3 is 1. The number of nitriles is 1. The summed E-state index contributed by atoms with van der Waals surface area (Å²) in [6, 6.07) is 14.1. The summed E-state index contributed by atoms with van der Waals surface area (Å²) >= 11 is 0. The Bertz CT molecular complexity index is 852. The lowest BCUT2D eigenvalue weighted by Crippen LogP contribution is -2.14. The molecular weight excluding hydrogens is 316 g/mol. The summed E-state index contributed by atoms with van der Waals surface area (Å²) in [5, 5.41) is 8.62. The Morgan fingerprint density at radius 1 is 1.22 bits per heavy atom. The average molecular weight is 330 g/mol. The largest absolute Gasteiger partial charge is 0.465 e. The van der Waals surface area contributed by atoms with Crippen molar-refractivity contribution in [2.75, 3.05) is 11.8 Å². The highest BCUT2D eigenvalue weighted by Gasteiger charge is 2.16. The van der Waals surface area contributed by atoms with Gasteiger partial charge in [-0.15, -0.1) is 0 Å². The van der Waals surface area contributed by atoms with Crippen LogP contribution in [-0.4, -0.2) is 21.5 Å². The molecule has 0 amide bonds. The molecule has 0 aliphatic carbocycles. The first-order valence-electron chi connectivity index (χ1n) is 6.63. The number of nitrogens with zero attached hydrogens (tertiary/aromatic N) is 1. The first kappa shape index (κ1) is 16.5. The number of nitrogens with one attached hydrogen (secondary N) is 1. The van der Waals surface area contributed by atoms with Gasteiger partial charge in [-0.05, 0) is 35.9 Å². The molecule has 1 N–H and O–H groups in total. The van der Waals surface area contributed by atoms with E-state index in [2.05, 4.69) is 9.46 Å². The third-order valence-corrected chi connectivity index (χ3v) is 4.43. The van der Waals surface area contributed by atoms with Crippen molar-refractivity contribution in [3.05, 3.63) is 59.7 Å². The van der Waals surface area contributed by atoms with E-state index in [1.54, 1.807) is 24.3 Å². The fourth-order valence-corrected chi connectivity index (χ4v) is 3.01. The molecule has 118 valence electrons. The number of rotatable bonds is 5. The van der Waals surface area contributed by atoms with Gasteiger partial charge in [0.25, 0.3) is 10.0 Å². The normalized spacial score (nSPS) is 10.6. The van der Waals surface area contributed by atoms with Crippen molar-refractivity contribution in [2.24, 2.45) is 0 Å². The van der Waals surface area contributed by atoms with Gasteiger partial charge in [0.2, 0.25) is 0 Å². The van der Waals surface area contributed by atoms with Gasteiger partial charge in [0.05, 0.1) is 30.1 Å². The Hall–Kier alpha value is -2.85. The first-order chi connectivity index (χ1) is 11.0. The summed E-state index contributed by atoms with van der Waals surface area (Å²) in [6.45, 7) is 0. The van der Waals surface area contributed by atoms with Crippen LogP contribution in [0, 0.1) is 11.3 Å². The van der Waals surface area contributed by atoms with E-state index in [9.17, 15) is 13.2 Å². The van der Waals surface area contributed by atoms with Gasteiger partial charge in [0, 0.05) is 5.69 Å². The zero-order chi connectivity index (χ0) is 16.9. The third-order valence-electron chi connectivity index (χ3n) is 3.05. The molecule has 0 radical (unpaired) electrons. The molecule has 0 saturated heterocycles. The van der Waals surface area contributed by atoms with Gasteiger partial charge in [-0.1, -0.05) is 18.2 Å². The SMILES string of the molecule is COC(=O)c1cccc(S(=O)(=O)Nc2ccc(CC#N)cc2)c1. The van der Waals surface area contributed by atoms with Gasteiger partial charge < -0.3 is 4.74 Å². The summed E-state index contributed by atoms with van der Waals surface area (Å²) in [5.74, 6) is -0.608. The molecule has 0 unspecified atom stereocenters. The van der Waals surface area contributed by atoms with Crippen LogP contribution in [-0.2, 0) is 21.2 Å². The van der Waals surface area contributed by atoms with Crippen LogP contribution in [0.1, 0.15) is 15.9 Å². The smallest absolute Gasteiger partial charge is 0.337 e. The quantitative estimate of drug-likeness (QED) is 0.849. The topological polar surface area (TPSA) is 96.3 Å². The number of esters is 1. The second-order valence-electron chi connectivity index (χ2n) is 4.66. The minimum absolute atomic E-state index is 0.0403. The third kappa shape index (κ3) is 4.08. The lowest BCUT2D eigenvalue weighted by Gasteiger charge is -2.09. The number of ether oxygens (including phenoxy) is 1. The highest BCUT2D eigenvalue weighted by Crippen LogP contribution is 2.18. The molecule has 0 saturated carbocycles. The van der Waals surface area contributed by atoms with Crippen LogP contribution in [0.5, 0.6) is 0 Å². The van der Waals surface area contributed by atoms with E-state index in [1.165, 1.54) is 31.4 Å². The maximum absolute atomic E-state index is 12.4. The van der Waals surface area contributed by atoms with Crippen LogP contribution in [0.2, 0.25) is 0 Å². The van der Waals surface area contributed by atoms with Crippen LogP contribution in [0.15, 0.2) is 53.4 Å². The highest BCUT2D eigenvalue weighted by molar-refractivity contribution is 7.92. The predicted molar refractivity (Wildman–Crippen MR) is 84.3 cm³/mol. The monoisotopic (exact) mass is 330 g/mol. The van der Waals surface area contributed by atoms with Crippen LogP contribution >= 0.6 is 0 Å². The predicted octanol–water partition coefficient (Wildman–Crippen LogP) is 2.34. The van der Waals surface area contributed by atoms with Gasteiger partial charge in [0.1, 0.15) is 0 Å². The lowest BCUT2D eigenvalue weighted by atomic mass is 10.1. The van der Waals surface area contributed by atoms with Gasteiger partial charge in [-0.25, -0.2) is 13.2 Å². The molecule has 6 nitrogen and oxygen atoms in total. The number of sulfonamides is 1. The summed E-state index contributed by atoms with van der Waals surface area (Å²) in [5.41, 5.74) is 1.32. The Balaban J connectivity index is 2.25. The van der Waals surface area contributed by atoms with Crippen molar-refractivity contribution in [1.82, 2.24) is 0 Å². The molecule has 0 aliphatic rings. The maximum Gasteiger partial charge on any atom is 0.337 e. The molecule has 0 bridgehead atoms. The van der Waals surface area contributed by atoms with Gasteiger partial charge in [-0.2, -0.15) is 5.26 Å². The number of hydrogen-bond donors (Lipinski definition) is 1. The molecule has 7 heteroatoms. The summed E-state index contributed by atoms with van der Waals surface area (Å²) in [4.78, 5) is 11.4. The Morgan fingerprint density at radius 3 is 2.52 bits per heavy atom. The van der Waals surface area contributed by atoms with Gasteiger partial charge in [-0.3, -0.25) is 4.72 Å².